The van der Waals surface area contributed by atoms with E-state index in [2.05, 4.69) is 40.7 Å². The van der Waals surface area contributed by atoms with Gasteiger partial charge in [0.25, 0.3) is 0 Å². The Balaban J connectivity index is 2.76. The van der Waals surface area contributed by atoms with Crippen LogP contribution in [0.15, 0.2) is 11.6 Å². The van der Waals surface area contributed by atoms with Crippen molar-refractivity contribution in [2.75, 3.05) is 0 Å². The zero-order chi connectivity index (χ0) is 13.8. The monoisotopic (exact) mass is 250 g/mol. The maximum atomic E-state index is 11.7. The highest BCUT2D eigenvalue weighted by atomic mass is 16.1. The molecule has 0 spiro atoms. The zero-order valence-corrected chi connectivity index (χ0v) is 12.9. The Morgan fingerprint density at radius 2 is 2.06 bits per heavy atom. The standard InChI is InChI=1S/C17H30O/c1-6-7-8-13(2)11-14-12-15(18)9-10-16(14)17(3,4)5/h11,14,16H,6-10,12H2,1-5H3/b13-11+/t14-,16-/m1/s1. The molecule has 0 heterocycles. The first kappa shape index (κ1) is 15.5. The van der Waals surface area contributed by atoms with Crippen LogP contribution in [0, 0.1) is 17.3 Å². The lowest BCUT2D eigenvalue weighted by atomic mass is 9.66. The van der Waals surface area contributed by atoms with E-state index in [-0.39, 0.29) is 0 Å². The minimum Gasteiger partial charge on any atom is -0.300 e. The lowest BCUT2D eigenvalue weighted by Crippen LogP contribution is -2.33. The highest BCUT2D eigenvalue weighted by molar-refractivity contribution is 5.79. The molecule has 0 N–H and O–H groups in total. The molecule has 1 nitrogen and oxygen atoms in total. The molecule has 0 saturated heterocycles. The molecule has 0 bridgehead atoms. The summed E-state index contributed by atoms with van der Waals surface area (Å²) in [6.45, 7) is 11.4. The fraction of sp³-hybridized carbons (Fsp3) is 0.824. The Bertz CT molecular complexity index is 306. The van der Waals surface area contributed by atoms with Gasteiger partial charge >= 0.3 is 0 Å². The van der Waals surface area contributed by atoms with Gasteiger partial charge in [-0.05, 0) is 43.4 Å². The number of carbonyl (C=O) groups excluding carboxylic acids is 1. The van der Waals surface area contributed by atoms with Crippen LogP contribution in [0.4, 0.5) is 0 Å². The molecule has 0 unspecified atom stereocenters. The zero-order valence-electron chi connectivity index (χ0n) is 12.9. The summed E-state index contributed by atoms with van der Waals surface area (Å²) in [4.78, 5) is 11.7. The fourth-order valence-electron chi connectivity index (χ4n) is 3.19. The number of hydrogen-bond acceptors (Lipinski definition) is 1. The van der Waals surface area contributed by atoms with Crippen LogP contribution in [0.2, 0.25) is 0 Å². The van der Waals surface area contributed by atoms with Crippen LogP contribution in [-0.2, 0) is 4.79 Å². The van der Waals surface area contributed by atoms with Gasteiger partial charge in [-0.2, -0.15) is 0 Å². The quantitative estimate of drug-likeness (QED) is 0.630. The van der Waals surface area contributed by atoms with Crippen LogP contribution in [0.1, 0.15) is 73.1 Å². The van der Waals surface area contributed by atoms with Gasteiger partial charge in [-0.15, -0.1) is 0 Å². The number of Topliss-reactive ketones (excluding diaryl/α,β-unsaturated/α-hetero) is 1. The van der Waals surface area contributed by atoms with Crippen LogP contribution < -0.4 is 0 Å². The van der Waals surface area contributed by atoms with E-state index < -0.39 is 0 Å². The van der Waals surface area contributed by atoms with E-state index in [0.29, 0.717) is 23.0 Å². The first-order chi connectivity index (χ1) is 8.34. The number of allylic oxidation sites excluding steroid dienone is 2. The molecule has 0 aliphatic heterocycles. The van der Waals surface area contributed by atoms with Crippen molar-refractivity contribution in [3.05, 3.63) is 11.6 Å². The molecule has 1 aliphatic carbocycles. The van der Waals surface area contributed by atoms with Gasteiger partial charge in [0, 0.05) is 12.8 Å². The van der Waals surface area contributed by atoms with Crippen molar-refractivity contribution >= 4 is 5.78 Å². The number of rotatable bonds is 4. The Hall–Kier alpha value is -0.590. The van der Waals surface area contributed by atoms with E-state index in [0.717, 1.165) is 19.3 Å². The molecule has 1 fully saturated rings. The average molecular weight is 250 g/mol. The van der Waals surface area contributed by atoms with Gasteiger partial charge < -0.3 is 0 Å². The second-order valence-electron chi connectivity index (χ2n) is 7.03. The highest BCUT2D eigenvalue weighted by Crippen LogP contribution is 2.41. The van der Waals surface area contributed by atoms with E-state index in [1.807, 2.05) is 0 Å². The Labute approximate surface area is 113 Å². The van der Waals surface area contributed by atoms with Gasteiger partial charge in [0.2, 0.25) is 0 Å². The van der Waals surface area contributed by atoms with E-state index >= 15 is 0 Å². The molecule has 1 saturated carbocycles. The third kappa shape index (κ3) is 4.59. The fourth-order valence-corrected chi connectivity index (χ4v) is 3.19. The predicted octanol–water partition coefficient (Wildman–Crippen LogP) is 5.15. The van der Waals surface area contributed by atoms with Crippen molar-refractivity contribution in [2.24, 2.45) is 17.3 Å². The molecule has 0 aromatic rings. The molecule has 0 aromatic carbocycles. The highest BCUT2D eigenvalue weighted by Gasteiger charge is 2.35. The normalized spacial score (nSPS) is 26.5. The summed E-state index contributed by atoms with van der Waals surface area (Å²) in [5.41, 5.74) is 1.79. The van der Waals surface area contributed by atoms with E-state index in [4.69, 9.17) is 0 Å². The van der Waals surface area contributed by atoms with Gasteiger partial charge in [0.05, 0.1) is 0 Å². The lowest BCUT2D eigenvalue weighted by molar-refractivity contribution is -0.123. The Morgan fingerprint density at radius 3 is 2.61 bits per heavy atom. The minimum absolute atomic E-state index is 0.312. The summed E-state index contributed by atoms with van der Waals surface area (Å²) < 4.78 is 0. The Morgan fingerprint density at radius 1 is 1.39 bits per heavy atom. The summed E-state index contributed by atoms with van der Waals surface area (Å²) in [7, 11) is 0. The topological polar surface area (TPSA) is 17.1 Å². The van der Waals surface area contributed by atoms with Crippen LogP contribution in [0.3, 0.4) is 0 Å². The first-order valence-corrected chi connectivity index (χ1v) is 7.53. The van der Waals surface area contributed by atoms with Crippen LogP contribution in [0.5, 0.6) is 0 Å². The molecule has 1 rings (SSSR count). The molecular formula is C17H30O. The third-order valence-electron chi connectivity index (χ3n) is 4.25. The van der Waals surface area contributed by atoms with Crippen LogP contribution in [0.25, 0.3) is 0 Å². The number of carbonyl (C=O) groups is 1. The molecule has 0 amide bonds. The minimum atomic E-state index is 0.312. The molecule has 0 radical (unpaired) electrons. The molecule has 0 aromatic heterocycles. The van der Waals surface area contributed by atoms with E-state index in [1.165, 1.54) is 24.8 Å². The SMILES string of the molecule is CCCC/C(C)=C/[C@@H]1CC(=O)CC[C@H]1C(C)(C)C. The number of unbranched alkanes of at least 4 members (excludes halogenated alkanes) is 1. The van der Waals surface area contributed by atoms with E-state index in [1.54, 1.807) is 0 Å². The summed E-state index contributed by atoms with van der Waals surface area (Å²) in [6, 6.07) is 0. The first-order valence-electron chi connectivity index (χ1n) is 7.53. The van der Waals surface area contributed by atoms with Gasteiger partial charge in [0.15, 0.2) is 0 Å². The predicted molar refractivity (Wildman–Crippen MR) is 78.6 cm³/mol. The summed E-state index contributed by atoms with van der Waals surface area (Å²) in [5, 5.41) is 0. The molecule has 18 heavy (non-hydrogen) atoms. The maximum absolute atomic E-state index is 11.7. The van der Waals surface area contributed by atoms with E-state index in [9.17, 15) is 4.79 Å². The third-order valence-corrected chi connectivity index (χ3v) is 4.25. The van der Waals surface area contributed by atoms with Gasteiger partial charge in [-0.1, -0.05) is 45.8 Å². The summed E-state index contributed by atoms with van der Waals surface area (Å²) >= 11 is 0. The van der Waals surface area contributed by atoms with Crippen LogP contribution in [-0.4, -0.2) is 5.78 Å². The second kappa shape index (κ2) is 6.54. The van der Waals surface area contributed by atoms with Crippen molar-refractivity contribution in [3.8, 4) is 0 Å². The average Bonchev–Trinajstić information content (AvgIpc) is 2.24. The van der Waals surface area contributed by atoms with Crippen molar-refractivity contribution in [1.82, 2.24) is 0 Å². The molecule has 104 valence electrons. The second-order valence-corrected chi connectivity index (χ2v) is 7.03. The van der Waals surface area contributed by atoms with Gasteiger partial charge in [-0.25, -0.2) is 0 Å². The molecule has 1 heteroatoms. The van der Waals surface area contributed by atoms with Crippen molar-refractivity contribution in [1.29, 1.82) is 0 Å². The Kier molecular flexibility index (Phi) is 5.62. The van der Waals surface area contributed by atoms with Gasteiger partial charge in [-0.3, -0.25) is 4.79 Å². The van der Waals surface area contributed by atoms with Crippen molar-refractivity contribution in [3.63, 3.8) is 0 Å². The number of hydrogen-bond donors (Lipinski definition) is 0. The van der Waals surface area contributed by atoms with Gasteiger partial charge in [0.1, 0.15) is 5.78 Å². The summed E-state index contributed by atoms with van der Waals surface area (Å²) in [5.74, 6) is 1.59. The smallest absolute Gasteiger partial charge is 0.133 e. The van der Waals surface area contributed by atoms with Crippen molar-refractivity contribution in [2.45, 2.75) is 73.1 Å². The maximum Gasteiger partial charge on any atom is 0.133 e. The largest absolute Gasteiger partial charge is 0.300 e. The molecular weight excluding hydrogens is 220 g/mol. The molecule has 1 aliphatic rings. The van der Waals surface area contributed by atoms with Crippen LogP contribution >= 0.6 is 0 Å². The molecule has 2 atom stereocenters. The summed E-state index contributed by atoms with van der Waals surface area (Å²) in [6.07, 6.45) is 8.75. The number of ketones is 1. The van der Waals surface area contributed by atoms with Crippen molar-refractivity contribution < 1.29 is 4.79 Å². The lowest BCUT2D eigenvalue weighted by Gasteiger charge is -2.39.